The molecule has 6 nitrogen and oxygen atoms in total. The Morgan fingerprint density at radius 1 is 1.16 bits per heavy atom. The van der Waals surface area contributed by atoms with E-state index in [0.717, 1.165) is 16.6 Å². The van der Waals surface area contributed by atoms with E-state index in [2.05, 4.69) is 20.6 Å². The Morgan fingerprint density at radius 3 is 2.56 bits per heavy atom. The molecule has 1 aromatic heterocycles. The predicted molar refractivity (Wildman–Crippen MR) is 97.4 cm³/mol. The van der Waals surface area contributed by atoms with E-state index in [1.807, 2.05) is 24.3 Å². The van der Waals surface area contributed by atoms with Gasteiger partial charge in [-0.05, 0) is 29.8 Å². The number of aromatic amines is 1. The van der Waals surface area contributed by atoms with Crippen molar-refractivity contribution >= 4 is 40.4 Å². The van der Waals surface area contributed by atoms with Gasteiger partial charge in [-0.25, -0.2) is 4.98 Å². The first-order chi connectivity index (χ1) is 12.0. The molecular weight excluding hydrogens is 340 g/mol. The van der Waals surface area contributed by atoms with Crippen LogP contribution in [0.5, 0.6) is 0 Å². The summed E-state index contributed by atoms with van der Waals surface area (Å²) in [5.41, 5.74) is 2.42. The summed E-state index contributed by atoms with van der Waals surface area (Å²) in [6.07, 6.45) is 0.0816. The van der Waals surface area contributed by atoms with E-state index in [9.17, 15) is 9.59 Å². The third-order valence-electron chi connectivity index (χ3n) is 3.69. The summed E-state index contributed by atoms with van der Waals surface area (Å²) in [4.78, 5) is 31.2. The Labute approximate surface area is 149 Å². The Balaban J connectivity index is 1.72. The molecule has 1 atom stereocenters. The summed E-state index contributed by atoms with van der Waals surface area (Å²) in [5, 5.41) is 6.11. The average molecular weight is 357 g/mol. The van der Waals surface area contributed by atoms with Crippen molar-refractivity contribution in [1.29, 1.82) is 0 Å². The number of aromatic nitrogens is 2. The second-order valence-electron chi connectivity index (χ2n) is 5.66. The van der Waals surface area contributed by atoms with Gasteiger partial charge < -0.3 is 10.3 Å². The highest BCUT2D eigenvalue weighted by Crippen LogP contribution is 2.20. The molecule has 128 valence electrons. The van der Waals surface area contributed by atoms with Gasteiger partial charge in [-0.1, -0.05) is 35.9 Å². The van der Waals surface area contributed by atoms with E-state index in [0.29, 0.717) is 11.0 Å². The van der Waals surface area contributed by atoms with Crippen LogP contribution in [0.25, 0.3) is 11.0 Å². The summed E-state index contributed by atoms with van der Waals surface area (Å²) in [6.45, 7) is 1.42. The number of anilines is 1. The number of nitrogens with one attached hydrogen (secondary N) is 3. The van der Waals surface area contributed by atoms with E-state index >= 15 is 0 Å². The number of hydrogen-bond acceptors (Lipinski definition) is 3. The van der Waals surface area contributed by atoms with E-state index < -0.39 is 6.04 Å². The minimum Gasteiger partial charge on any atom is -0.349 e. The molecule has 3 N–H and O–H groups in total. The van der Waals surface area contributed by atoms with Gasteiger partial charge in [0.1, 0.15) is 0 Å². The molecule has 3 rings (SSSR count). The number of carbonyl (C=O) groups excluding carboxylic acids is 2. The monoisotopic (exact) mass is 356 g/mol. The number of benzene rings is 2. The standard InChI is InChI=1S/C18H17ClN4O2/c1-11(24)20-16(12-6-8-13(19)9-7-12)10-17(25)23-18-21-14-4-2-3-5-15(14)22-18/h2-9,16H,10H2,1H3,(H,20,24)(H2,21,22,23,25)/t16-/m0/s1. The quantitative estimate of drug-likeness (QED) is 0.654. The number of hydrogen-bond donors (Lipinski definition) is 3. The largest absolute Gasteiger partial charge is 0.349 e. The van der Waals surface area contributed by atoms with Crippen LogP contribution in [-0.4, -0.2) is 21.8 Å². The third-order valence-corrected chi connectivity index (χ3v) is 3.94. The molecule has 1 heterocycles. The van der Waals surface area contributed by atoms with Gasteiger partial charge in [0.25, 0.3) is 0 Å². The first-order valence-electron chi connectivity index (χ1n) is 7.78. The first kappa shape index (κ1) is 17.0. The molecule has 0 spiro atoms. The average Bonchev–Trinajstić information content (AvgIpc) is 2.96. The van der Waals surface area contributed by atoms with Crippen LogP contribution < -0.4 is 10.6 Å². The van der Waals surface area contributed by atoms with Crippen LogP contribution in [0.2, 0.25) is 5.02 Å². The Bertz CT molecular complexity index is 872. The predicted octanol–water partition coefficient (Wildman–Crippen LogP) is 3.42. The van der Waals surface area contributed by atoms with Gasteiger partial charge in [-0.3, -0.25) is 14.9 Å². The van der Waals surface area contributed by atoms with E-state index in [4.69, 9.17) is 11.6 Å². The number of rotatable bonds is 5. The third kappa shape index (κ3) is 4.36. The van der Waals surface area contributed by atoms with Crippen molar-refractivity contribution in [2.45, 2.75) is 19.4 Å². The Kier molecular flexibility index (Phi) is 5.00. The van der Waals surface area contributed by atoms with E-state index in [1.165, 1.54) is 6.92 Å². The van der Waals surface area contributed by atoms with E-state index in [-0.39, 0.29) is 18.2 Å². The highest BCUT2D eigenvalue weighted by Gasteiger charge is 2.18. The van der Waals surface area contributed by atoms with Crippen molar-refractivity contribution in [3.8, 4) is 0 Å². The number of fused-ring (bicyclic) bond motifs is 1. The summed E-state index contributed by atoms with van der Waals surface area (Å²) >= 11 is 5.89. The first-order valence-corrected chi connectivity index (χ1v) is 8.16. The van der Waals surface area contributed by atoms with Crippen LogP contribution in [0.3, 0.4) is 0 Å². The van der Waals surface area contributed by atoms with Gasteiger partial charge in [-0.2, -0.15) is 0 Å². The highest BCUT2D eigenvalue weighted by atomic mass is 35.5. The lowest BCUT2D eigenvalue weighted by molar-refractivity contribution is -0.120. The van der Waals surface area contributed by atoms with Crippen molar-refractivity contribution in [2.24, 2.45) is 0 Å². The fourth-order valence-corrected chi connectivity index (χ4v) is 2.70. The maximum Gasteiger partial charge on any atom is 0.229 e. The molecule has 0 unspecified atom stereocenters. The number of H-pyrrole nitrogens is 1. The van der Waals surface area contributed by atoms with Crippen molar-refractivity contribution in [3.05, 3.63) is 59.1 Å². The minimum atomic E-state index is -0.445. The number of carbonyl (C=O) groups is 2. The van der Waals surface area contributed by atoms with Crippen LogP contribution >= 0.6 is 11.6 Å². The van der Waals surface area contributed by atoms with Crippen LogP contribution in [0, 0.1) is 0 Å². The number of imidazole rings is 1. The molecule has 2 amide bonds. The molecule has 0 bridgehead atoms. The molecule has 0 aliphatic heterocycles. The van der Waals surface area contributed by atoms with Crippen LogP contribution in [0.4, 0.5) is 5.95 Å². The lowest BCUT2D eigenvalue weighted by Gasteiger charge is -2.17. The maximum absolute atomic E-state index is 12.4. The SMILES string of the molecule is CC(=O)N[C@@H](CC(=O)Nc1nc2ccccc2[nH]1)c1ccc(Cl)cc1. The number of halogens is 1. The number of nitrogens with zero attached hydrogens (tertiary/aromatic N) is 1. The molecule has 0 aliphatic carbocycles. The van der Waals surface area contributed by atoms with Gasteiger partial charge in [-0.15, -0.1) is 0 Å². The van der Waals surface area contributed by atoms with Crippen molar-refractivity contribution in [1.82, 2.24) is 15.3 Å². The summed E-state index contributed by atoms with van der Waals surface area (Å²) in [7, 11) is 0. The topological polar surface area (TPSA) is 86.9 Å². The molecule has 0 radical (unpaired) electrons. The fraction of sp³-hybridized carbons (Fsp3) is 0.167. The van der Waals surface area contributed by atoms with Crippen molar-refractivity contribution in [2.75, 3.05) is 5.32 Å². The lowest BCUT2D eigenvalue weighted by atomic mass is 10.0. The molecule has 2 aromatic carbocycles. The summed E-state index contributed by atoms with van der Waals surface area (Å²) < 4.78 is 0. The maximum atomic E-state index is 12.4. The molecule has 0 saturated heterocycles. The highest BCUT2D eigenvalue weighted by molar-refractivity contribution is 6.30. The molecule has 0 fully saturated rings. The van der Waals surface area contributed by atoms with Gasteiger partial charge in [0, 0.05) is 11.9 Å². The normalized spacial score (nSPS) is 11.9. The zero-order valence-corrected chi connectivity index (χ0v) is 14.3. The van der Waals surface area contributed by atoms with E-state index in [1.54, 1.807) is 24.3 Å². The summed E-state index contributed by atoms with van der Waals surface area (Å²) in [5.74, 6) is -0.0897. The van der Waals surface area contributed by atoms with Gasteiger partial charge >= 0.3 is 0 Å². The van der Waals surface area contributed by atoms with Crippen LogP contribution in [0.15, 0.2) is 48.5 Å². The molecule has 0 saturated carbocycles. The van der Waals surface area contributed by atoms with Crippen molar-refractivity contribution < 1.29 is 9.59 Å². The molecule has 7 heteroatoms. The number of amides is 2. The van der Waals surface area contributed by atoms with Crippen molar-refractivity contribution in [3.63, 3.8) is 0 Å². The fourth-order valence-electron chi connectivity index (χ4n) is 2.57. The number of para-hydroxylation sites is 2. The zero-order chi connectivity index (χ0) is 17.8. The molecule has 25 heavy (non-hydrogen) atoms. The minimum absolute atomic E-state index is 0.0816. The van der Waals surface area contributed by atoms with Gasteiger partial charge in [0.05, 0.1) is 23.5 Å². The molecule has 0 aliphatic rings. The second kappa shape index (κ2) is 7.36. The zero-order valence-electron chi connectivity index (χ0n) is 13.5. The molecule has 3 aromatic rings. The van der Waals surface area contributed by atoms with Gasteiger partial charge in [0.2, 0.25) is 17.8 Å². The Hall–Kier alpha value is -2.86. The Morgan fingerprint density at radius 2 is 1.88 bits per heavy atom. The smallest absolute Gasteiger partial charge is 0.229 e. The van der Waals surface area contributed by atoms with Gasteiger partial charge in [0.15, 0.2) is 0 Å². The summed E-state index contributed by atoms with van der Waals surface area (Å²) in [6, 6.07) is 14.1. The van der Waals surface area contributed by atoms with Crippen LogP contribution in [-0.2, 0) is 9.59 Å². The lowest BCUT2D eigenvalue weighted by Crippen LogP contribution is -2.29. The second-order valence-corrected chi connectivity index (χ2v) is 6.10. The molecular formula is C18H17ClN4O2. The van der Waals surface area contributed by atoms with Crippen LogP contribution in [0.1, 0.15) is 24.9 Å².